The van der Waals surface area contributed by atoms with Crippen LogP contribution in [0.4, 0.5) is 5.88 Å². The summed E-state index contributed by atoms with van der Waals surface area (Å²) in [6.45, 7) is 9.35. The minimum atomic E-state index is -0.819. The molecule has 4 rings (SSSR count). The summed E-state index contributed by atoms with van der Waals surface area (Å²) in [5.74, 6) is -1.33. The molecule has 1 amide bonds. The van der Waals surface area contributed by atoms with Crippen LogP contribution < -0.4 is 10.7 Å². The Morgan fingerprint density at radius 2 is 1.88 bits per heavy atom. The van der Waals surface area contributed by atoms with E-state index < -0.39 is 23.8 Å². The van der Waals surface area contributed by atoms with Gasteiger partial charge in [-0.05, 0) is 57.1 Å². The number of ether oxygens (including phenoxy) is 2. The average Bonchev–Trinajstić information content (AvgIpc) is 3.55. The number of unbranched alkanes of at least 4 members (excludes halogenated alkanes) is 1. The summed E-state index contributed by atoms with van der Waals surface area (Å²) < 4.78 is 22.5. The van der Waals surface area contributed by atoms with Crippen molar-refractivity contribution < 1.29 is 27.9 Å². The number of anilines is 1. The van der Waals surface area contributed by atoms with Crippen molar-refractivity contribution in [1.29, 1.82) is 0 Å². The lowest BCUT2D eigenvalue weighted by molar-refractivity contribution is -0.146. The van der Waals surface area contributed by atoms with Gasteiger partial charge in [-0.25, -0.2) is 9.48 Å². The number of amides is 1. The van der Waals surface area contributed by atoms with Gasteiger partial charge in [0.2, 0.25) is 5.88 Å². The monoisotopic (exact) mass is 583 g/mol. The molecule has 12 heteroatoms. The van der Waals surface area contributed by atoms with E-state index in [0.29, 0.717) is 38.3 Å². The van der Waals surface area contributed by atoms with Crippen LogP contribution in [0, 0.1) is 25.7 Å². The molecule has 0 bridgehead atoms. The third-order valence-corrected chi connectivity index (χ3v) is 7.55. The second-order valence-electron chi connectivity index (χ2n) is 11.2. The van der Waals surface area contributed by atoms with Gasteiger partial charge in [-0.3, -0.25) is 9.59 Å². The molecule has 1 aromatic carbocycles. The third-order valence-electron chi connectivity index (χ3n) is 7.55. The number of aromatic nitrogens is 3. The van der Waals surface area contributed by atoms with Crippen LogP contribution in [-0.2, 0) is 20.7 Å². The van der Waals surface area contributed by atoms with Crippen LogP contribution in [0.2, 0.25) is 0 Å². The second-order valence-corrected chi connectivity index (χ2v) is 11.2. The number of benzene rings is 1. The second kappa shape index (κ2) is 13.8. The van der Waals surface area contributed by atoms with Crippen molar-refractivity contribution in [1.82, 2.24) is 19.9 Å². The smallest absolute Gasteiger partial charge is 0.469 e. The maximum absolute atomic E-state index is 14.4. The third kappa shape index (κ3) is 6.92. The lowest BCUT2D eigenvalue weighted by Gasteiger charge is -2.42. The topological polar surface area (TPSA) is 133 Å². The van der Waals surface area contributed by atoms with E-state index in [4.69, 9.17) is 18.3 Å². The number of hydrogen-bond acceptors (Lipinski definition) is 10. The number of hydrogen-bond donors (Lipinski definition) is 0. The molecule has 3 heterocycles. The summed E-state index contributed by atoms with van der Waals surface area (Å²) in [7, 11) is 3.01. The highest BCUT2D eigenvalue weighted by atomic mass is 16.6. The molecule has 228 valence electrons. The molecule has 1 fully saturated rings. The summed E-state index contributed by atoms with van der Waals surface area (Å²) >= 11 is 0. The van der Waals surface area contributed by atoms with E-state index in [1.807, 2.05) is 45.0 Å². The van der Waals surface area contributed by atoms with Crippen LogP contribution in [0.1, 0.15) is 60.6 Å². The van der Waals surface area contributed by atoms with Crippen LogP contribution >= 0.6 is 0 Å². The quantitative estimate of drug-likeness (QED) is 0.230. The highest BCUT2D eigenvalue weighted by Crippen LogP contribution is 2.30. The van der Waals surface area contributed by atoms with Gasteiger partial charge in [-0.1, -0.05) is 37.3 Å². The van der Waals surface area contributed by atoms with Crippen molar-refractivity contribution in [2.75, 3.05) is 45.4 Å². The maximum atomic E-state index is 14.4. The molecule has 1 aliphatic heterocycles. The molecule has 0 N–H and O–H groups in total. The summed E-state index contributed by atoms with van der Waals surface area (Å²) in [6, 6.07) is 7.45. The zero-order valence-electron chi connectivity index (χ0n) is 25.3. The number of carbonyl (C=O) groups excluding carboxylic acids is 2. The minimum Gasteiger partial charge on any atom is -0.469 e. The molecule has 12 nitrogen and oxygen atoms in total. The van der Waals surface area contributed by atoms with Crippen molar-refractivity contribution >= 4 is 17.8 Å². The molecular weight excluding hydrogens is 542 g/mol. The maximum Gasteiger partial charge on any atom is 0.520 e. The van der Waals surface area contributed by atoms with Gasteiger partial charge in [0.25, 0.3) is 5.91 Å². The van der Waals surface area contributed by atoms with Crippen LogP contribution in [0.25, 0.3) is 5.69 Å². The van der Waals surface area contributed by atoms with Crippen molar-refractivity contribution in [3.63, 3.8) is 0 Å². The number of carbonyl (C=O) groups is 2. The summed E-state index contributed by atoms with van der Waals surface area (Å²) in [5, 5.41) is 8.88. The van der Waals surface area contributed by atoms with Gasteiger partial charge in [0, 0.05) is 33.4 Å². The first-order valence-electron chi connectivity index (χ1n) is 14.4. The number of esters is 1. The molecule has 0 spiro atoms. The molecule has 0 aliphatic carbocycles. The van der Waals surface area contributed by atoms with Crippen LogP contribution in [0.15, 0.2) is 37.9 Å². The number of nitrogens with zero attached hydrogens (tertiary/aromatic N) is 5. The Hall–Kier alpha value is -3.93. The Morgan fingerprint density at radius 1 is 1.12 bits per heavy atom. The molecule has 0 radical (unpaired) electrons. The molecule has 3 aromatic rings. The van der Waals surface area contributed by atoms with Gasteiger partial charge in [0.1, 0.15) is 0 Å². The number of aryl methyl sites for hydroxylation is 2. The molecule has 1 aliphatic rings. The van der Waals surface area contributed by atoms with E-state index in [9.17, 15) is 14.4 Å². The van der Waals surface area contributed by atoms with Gasteiger partial charge in [0.15, 0.2) is 11.5 Å². The predicted molar refractivity (Wildman–Crippen MR) is 155 cm³/mol. The SMILES string of the molecule is COCCCCc1c(C(=O)N(CC(C)C)[C@H]2C[C@@H](C(=O)OC)CN(c3oc(=O)oc3C)C2)nnn1-c1ccccc1C. The number of methoxy groups -OCH3 is 2. The van der Waals surface area contributed by atoms with Crippen LogP contribution in [0.3, 0.4) is 0 Å². The van der Waals surface area contributed by atoms with Crippen molar-refractivity contribution in [2.24, 2.45) is 11.8 Å². The summed E-state index contributed by atoms with van der Waals surface area (Å²) in [5.41, 5.74) is 2.89. The molecular formula is C30H41N5O7. The van der Waals surface area contributed by atoms with Gasteiger partial charge in [-0.2, -0.15) is 0 Å². The number of rotatable bonds is 12. The van der Waals surface area contributed by atoms with Gasteiger partial charge in [0.05, 0.1) is 30.5 Å². The zero-order valence-corrected chi connectivity index (χ0v) is 25.3. The Morgan fingerprint density at radius 3 is 2.52 bits per heavy atom. The lowest BCUT2D eigenvalue weighted by atomic mass is 9.92. The Balaban J connectivity index is 1.73. The van der Waals surface area contributed by atoms with Gasteiger partial charge >= 0.3 is 11.8 Å². The zero-order chi connectivity index (χ0) is 30.4. The summed E-state index contributed by atoms with van der Waals surface area (Å²) in [6.07, 6.45) is 2.59. The highest BCUT2D eigenvalue weighted by molar-refractivity contribution is 5.94. The van der Waals surface area contributed by atoms with Gasteiger partial charge < -0.3 is 28.1 Å². The first-order valence-corrected chi connectivity index (χ1v) is 14.4. The lowest BCUT2D eigenvalue weighted by Crippen LogP contribution is -2.55. The largest absolute Gasteiger partial charge is 0.520 e. The Kier molecular flexibility index (Phi) is 10.2. The van der Waals surface area contributed by atoms with E-state index in [0.717, 1.165) is 29.8 Å². The molecule has 1 saturated heterocycles. The Bertz CT molecular complexity index is 1430. The standard InChI is InChI=1S/C30H41N5O7/c1-19(2)16-34(23-15-22(29(37)40-6)17-33(18-23)28-21(4)41-30(38)42-28)27(36)26-25(13-9-10-14-39-5)35(32-31-26)24-12-8-7-11-20(24)3/h7-8,11-12,19,22-23H,9-10,13-18H2,1-6H3/t22-,23+/m1/s1. The van der Waals surface area contributed by atoms with E-state index in [1.54, 1.807) is 28.5 Å². The number of piperidine rings is 1. The predicted octanol–water partition coefficient (Wildman–Crippen LogP) is 3.57. The van der Waals surface area contributed by atoms with Crippen molar-refractivity contribution in [2.45, 2.75) is 59.4 Å². The fraction of sp³-hybridized carbons (Fsp3) is 0.567. The fourth-order valence-electron chi connectivity index (χ4n) is 5.58. The van der Waals surface area contributed by atoms with Crippen molar-refractivity contribution in [3.8, 4) is 5.69 Å². The Labute approximate surface area is 245 Å². The van der Waals surface area contributed by atoms with E-state index in [2.05, 4.69) is 10.3 Å². The molecule has 0 unspecified atom stereocenters. The molecule has 2 atom stereocenters. The number of para-hydroxylation sites is 1. The molecule has 0 saturated carbocycles. The fourth-order valence-corrected chi connectivity index (χ4v) is 5.58. The van der Waals surface area contributed by atoms with Crippen LogP contribution in [0.5, 0.6) is 0 Å². The normalized spacial score (nSPS) is 17.1. The highest BCUT2D eigenvalue weighted by Gasteiger charge is 2.40. The first-order chi connectivity index (χ1) is 20.1. The van der Waals surface area contributed by atoms with Crippen molar-refractivity contribution in [3.05, 3.63) is 57.6 Å². The van der Waals surface area contributed by atoms with E-state index >= 15 is 0 Å². The first kappa shape index (κ1) is 31.0. The summed E-state index contributed by atoms with van der Waals surface area (Å²) in [4.78, 5) is 42.6. The van der Waals surface area contributed by atoms with Gasteiger partial charge in [-0.15, -0.1) is 5.10 Å². The van der Waals surface area contributed by atoms with E-state index in [-0.39, 0.29) is 29.9 Å². The van der Waals surface area contributed by atoms with E-state index in [1.165, 1.54) is 7.11 Å². The molecule has 2 aromatic heterocycles. The average molecular weight is 584 g/mol. The van der Waals surface area contributed by atoms with Crippen LogP contribution in [-0.4, -0.2) is 78.3 Å². The molecule has 42 heavy (non-hydrogen) atoms. The minimum absolute atomic E-state index is 0.131.